The van der Waals surface area contributed by atoms with Gasteiger partial charge in [0.05, 0.1) is 5.56 Å². The van der Waals surface area contributed by atoms with Gasteiger partial charge in [-0.2, -0.15) is 0 Å². The molecule has 4 aliphatic rings. The van der Waals surface area contributed by atoms with Gasteiger partial charge in [0.1, 0.15) is 0 Å². The molecule has 136 valence electrons. The number of benzene rings is 2. The molecule has 6 rings (SSSR count). The first-order valence-electron chi connectivity index (χ1n) is 10.1. The standard InChI is InChI=1S/C25H24O2/c26-25(27)21-3-1-2-17(11-21)5-4-16-6-8-20(9-7-16)24-22-12-18-10-19(14-22)15-23(24)13-18/h1-3,6-9,11,18-19,22-24H,10,12-15H2,(H,26,27). The van der Waals surface area contributed by atoms with Gasteiger partial charge in [0.15, 0.2) is 0 Å². The highest BCUT2D eigenvalue weighted by Crippen LogP contribution is 2.59. The van der Waals surface area contributed by atoms with Crippen molar-refractivity contribution in [2.75, 3.05) is 0 Å². The van der Waals surface area contributed by atoms with Crippen LogP contribution in [-0.4, -0.2) is 11.1 Å². The summed E-state index contributed by atoms with van der Waals surface area (Å²) in [5, 5.41) is 9.09. The lowest BCUT2D eigenvalue weighted by atomic mass is 9.51. The summed E-state index contributed by atoms with van der Waals surface area (Å²) in [5.74, 6) is 9.93. The van der Waals surface area contributed by atoms with Crippen molar-refractivity contribution < 1.29 is 9.90 Å². The summed E-state index contributed by atoms with van der Waals surface area (Å²) in [7, 11) is 0. The van der Waals surface area contributed by atoms with Crippen LogP contribution in [0.25, 0.3) is 0 Å². The molecule has 0 amide bonds. The van der Waals surface area contributed by atoms with E-state index in [4.69, 9.17) is 5.11 Å². The molecule has 0 aromatic heterocycles. The monoisotopic (exact) mass is 356 g/mol. The molecule has 4 aliphatic carbocycles. The van der Waals surface area contributed by atoms with Gasteiger partial charge in [-0.3, -0.25) is 0 Å². The number of carbonyl (C=O) groups is 1. The molecule has 0 unspecified atom stereocenters. The molecule has 4 fully saturated rings. The highest BCUT2D eigenvalue weighted by molar-refractivity contribution is 5.88. The van der Waals surface area contributed by atoms with Crippen LogP contribution in [0.4, 0.5) is 0 Å². The topological polar surface area (TPSA) is 37.3 Å². The van der Waals surface area contributed by atoms with Crippen molar-refractivity contribution in [2.24, 2.45) is 23.7 Å². The van der Waals surface area contributed by atoms with E-state index in [9.17, 15) is 4.79 Å². The summed E-state index contributed by atoms with van der Waals surface area (Å²) in [6, 6.07) is 15.6. The molecule has 1 N–H and O–H groups in total. The van der Waals surface area contributed by atoms with E-state index in [-0.39, 0.29) is 5.56 Å². The molecule has 0 heterocycles. The molecular weight excluding hydrogens is 332 g/mol. The van der Waals surface area contributed by atoms with E-state index in [1.54, 1.807) is 18.2 Å². The lowest BCUT2D eigenvalue weighted by molar-refractivity contribution is -0.00278. The van der Waals surface area contributed by atoms with Crippen LogP contribution in [-0.2, 0) is 0 Å². The van der Waals surface area contributed by atoms with Crippen LogP contribution in [0.3, 0.4) is 0 Å². The van der Waals surface area contributed by atoms with Crippen molar-refractivity contribution in [3.05, 3.63) is 70.8 Å². The van der Waals surface area contributed by atoms with Crippen LogP contribution in [0.2, 0.25) is 0 Å². The molecule has 2 nitrogen and oxygen atoms in total. The van der Waals surface area contributed by atoms with Gasteiger partial charge >= 0.3 is 5.97 Å². The summed E-state index contributed by atoms with van der Waals surface area (Å²) in [6.45, 7) is 0. The van der Waals surface area contributed by atoms with E-state index in [1.165, 1.54) is 37.7 Å². The van der Waals surface area contributed by atoms with E-state index in [0.29, 0.717) is 0 Å². The molecule has 0 saturated heterocycles. The molecule has 27 heavy (non-hydrogen) atoms. The van der Waals surface area contributed by atoms with Crippen molar-refractivity contribution >= 4 is 5.97 Å². The summed E-state index contributed by atoms with van der Waals surface area (Å²) in [6.07, 6.45) is 7.27. The number of carboxylic acid groups (broad SMARTS) is 1. The predicted octanol–water partition coefficient (Wildman–Crippen LogP) is 5.32. The molecule has 0 radical (unpaired) electrons. The normalized spacial score (nSPS) is 30.6. The maximum absolute atomic E-state index is 11.1. The van der Waals surface area contributed by atoms with Gasteiger partial charge in [-0.05, 0) is 97.6 Å². The van der Waals surface area contributed by atoms with E-state index in [0.717, 1.165) is 40.7 Å². The third kappa shape index (κ3) is 3.16. The molecule has 4 saturated carbocycles. The second-order valence-corrected chi connectivity index (χ2v) is 8.71. The molecular formula is C25H24O2. The lowest BCUT2D eigenvalue weighted by Crippen LogP contribution is -2.43. The lowest BCUT2D eigenvalue weighted by Gasteiger charge is -2.54. The zero-order valence-corrected chi connectivity index (χ0v) is 15.4. The highest BCUT2D eigenvalue weighted by Gasteiger charge is 2.48. The Bertz CT molecular complexity index is 901. The van der Waals surface area contributed by atoms with Crippen LogP contribution in [0.15, 0.2) is 48.5 Å². The summed E-state index contributed by atoms with van der Waals surface area (Å²) >= 11 is 0. The first-order chi connectivity index (χ1) is 13.2. The van der Waals surface area contributed by atoms with E-state index < -0.39 is 5.97 Å². The average Bonchev–Trinajstić information content (AvgIpc) is 2.67. The maximum atomic E-state index is 11.1. The SMILES string of the molecule is O=C(O)c1cccc(C#Cc2ccc(C3C4CC5CC(C4)CC3C5)cc2)c1. The molecule has 2 aromatic carbocycles. The molecule has 0 spiro atoms. The number of aromatic carboxylic acids is 1. The predicted molar refractivity (Wildman–Crippen MR) is 106 cm³/mol. The minimum absolute atomic E-state index is 0.277. The number of carboxylic acids is 1. The second-order valence-electron chi connectivity index (χ2n) is 8.71. The Morgan fingerprint density at radius 2 is 1.44 bits per heavy atom. The Kier molecular flexibility index (Phi) is 4.05. The fourth-order valence-corrected chi connectivity index (χ4v) is 6.13. The largest absolute Gasteiger partial charge is 0.478 e. The first-order valence-corrected chi connectivity index (χ1v) is 10.1. The van der Waals surface area contributed by atoms with E-state index in [2.05, 4.69) is 36.1 Å². The van der Waals surface area contributed by atoms with Crippen LogP contribution in [0, 0.1) is 35.5 Å². The second kappa shape index (κ2) is 6.57. The van der Waals surface area contributed by atoms with Gasteiger partial charge in [0.2, 0.25) is 0 Å². The molecule has 2 aromatic rings. The first kappa shape index (κ1) is 16.6. The van der Waals surface area contributed by atoms with Crippen molar-refractivity contribution in [2.45, 2.75) is 38.0 Å². The fraction of sp³-hybridized carbons (Fsp3) is 0.400. The highest BCUT2D eigenvalue weighted by atomic mass is 16.4. The summed E-state index contributed by atoms with van der Waals surface area (Å²) in [5.41, 5.74) is 3.50. The third-order valence-electron chi connectivity index (χ3n) is 6.98. The van der Waals surface area contributed by atoms with Gasteiger partial charge in [0.25, 0.3) is 0 Å². The third-order valence-corrected chi connectivity index (χ3v) is 6.98. The van der Waals surface area contributed by atoms with Gasteiger partial charge in [-0.15, -0.1) is 0 Å². The Morgan fingerprint density at radius 1 is 0.815 bits per heavy atom. The minimum atomic E-state index is -0.918. The van der Waals surface area contributed by atoms with Gasteiger partial charge in [0, 0.05) is 11.1 Å². The van der Waals surface area contributed by atoms with Crippen LogP contribution in [0.5, 0.6) is 0 Å². The summed E-state index contributed by atoms with van der Waals surface area (Å²) < 4.78 is 0. The maximum Gasteiger partial charge on any atom is 0.335 e. The van der Waals surface area contributed by atoms with E-state index >= 15 is 0 Å². The quantitative estimate of drug-likeness (QED) is 0.739. The fourth-order valence-electron chi connectivity index (χ4n) is 6.13. The van der Waals surface area contributed by atoms with Gasteiger partial charge in [-0.1, -0.05) is 30.0 Å². The molecule has 4 bridgehead atoms. The Labute approximate surface area is 160 Å². The zero-order valence-electron chi connectivity index (χ0n) is 15.4. The van der Waals surface area contributed by atoms with Crippen molar-refractivity contribution in [3.63, 3.8) is 0 Å². The number of hydrogen-bond acceptors (Lipinski definition) is 1. The number of hydrogen-bond donors (Lipinski definition) is 1. The smallest absolute Gasteiger partial charge is 0.335 e. The number of rotatable bonds is 2. The Hall–Kier alpha value is -2.53. The zero-order chi connectivity index (χ0) is 18.4. The minimum Gasteiger partial charge on any atom is -0.478 e. The van der Waals surface area contributed by atoms with Gasteiger partial charge in [-0.25, -0.2) is 4.79 Å². The molecule has 0 aliphatic heterocycles. The van der Waals surface area contributed by atoms with Crippen LogP contribution in [0.1, 0.15) is 65.1 Å². The Morgan fingerprint density at radius 3 is 2.07 bits per heavy atom. The average molecular weight is 356 g/mol. The summed E-state index contributed by atoms with van der Waals surface area (Å²) in [4.78, 5) is 11.1. The molecule has 2 heteroatoms. The van der Waals surface area contributed by atoms with Crippen LogP contribution < -0.4 is 0 Å². The van der Waals surface area contributed by atoms with Crippen molar-refractivity contribution in [3.8, 4) is 11.8 Å². The van der Waals surface area contributed by atoms with Crippen LogP contribution >= 0.6 is 0 Å². The van der Waals surface area contributed by atoms with E-state index in [1.807, 2.05) is 6.07 Å². The molecule has 0 atom stereocenters. The Balaban J connectivity index is 1.34. The van der Waals surface area contributed by atoms with Gasteiger partial charge < -0.3 is 5.11 Å². The van der Waals surface area contributed by atoms with Crippen molar-refractivity contribution in [1.29, 1.82) is 0 Å². The van der Waals surface area contributed by atoms with Crippen molar-refractivity contribution in [1.82, 2.24) is 0 Å².